The number of nitrogens with two attached hydrogens (primary N) is 1. The van der Waals surface area contributed by atoms with Crippen molar-refractivity contribution in [3.05, 3.63) is 35.3 Å². The molecule has 5 heteroatoms. The fourth-order valence-electron chi connectivity index (χ4n) is 1.25. The van der Waals surface area contributed by atoms with Crippen LogP contribution in [0.1, 0.15) is 10.5 Å². The number of thioether (sulfide) groups is 1. The van der Waals surface area contributed by atoms with Gasteiger partial charge in [0.2, 0.25) is 0 Å². The van der Waals surface area contributed by atoms with Crippen LogP contribution in [0.5, 0.6) is 0 Å². The van der Waals surface area contributed by atoms with E-state index in [1.807, 2.05) is 30.5 Å². The molecule has 2 aromatic rings. The molecule has 0 saturated carbocycles. The van der Waals surface area contributed by atoms with Crippen molar-refractivity contribution in [2.45, 2.75) is 4.90 Å². The molecule has 0 fully saturated rings. The third-order valence-electron chi connectivity index (χ3n) is 2.09. The van der Waals surface area contributed by atoms with E-state index in [9.17, 15) is 4.79 Å². The minimum Gasteiger partial charge on any atom is -0.364 e. The first-order valence-electron chi connectivity index (χ1n) is 4.60. The highest BCUT2D eigenvalue weighted by molar-refractivity contribution is 7.98. The quantitative estimate of drug-likeness (QED) is 0.852. The van der Waals surface area contributed by atoms with Crippen LogP contribution in [-0.2, 0) is 0 Å². The van der Waals surface area contributed by atoms with Crippen LogP contribution >= 0.6 is 23.1 Å². The molecule has 1 aromatic heterocycles. The minimum absolute atomic E-state index is 0.328. The molecule has 82 valence electrons. The first-order valence-corrected chi connectivity index (χ1v) is 6.71. The van der Waals surface area contributed by atoms with Crippen LogP contribution in [-0.4, -0.2) is 17.1 Å². The molecule has 16 heavy (non-hydrogen) atoms. The third kappa shape index (κ3) is 2.25. The number of aromatic nitrogens is 1. The van der Waals surface area contributed by atoms with Crippen LogP contribution in [0.2, 0.25) is 0 Å². The molecule has 0 aliphatic rings. The number of nitrogens with zero attached hydrogens (tertiary/aromatic N) is 1. The van der Waals surface area contributed by atoms with Gasteiger partial charge in [0.25, 0.3) is 5.91 Å². The second-order valence-corrected chi connectivity index (χ2v) is 4.87. The van der Waals surface area contributed by atoms with Crippen molar-refractivity contribution < 1.29 is 4.79 Å². The first kappa shape index (κ1) is 11.2. The summed E-state index contributed by atoms with van der Waals surface area (Å²) in [7, 11) is 0. The molecular formula is C11H10N2OS2. The van der Waals surface area contributed by atoms with E-state index in [-0.39, 0.29) is 0 Å². The number of thiazole rings is 1. The van der Waals surface area contributed by atoms with Gasteiger partial charge in [-0.1, -0.05) is 12.1 Å². The Labute approximate surface area is 102 Å². The lowest BCUT2D eigenvalue weighted by Gasteiger charge is -1.98. The summed E-state index contributed by atoms with van der Waals surface area (Å²) in [6.45, 7) is 0. The number of benzene rings is 1. The van der Waals surface area contributed by atoms with E-state index in [4.69, 9.17) is 5.73 Å². The summed E-state index contributed by atoms with van der Waals surface area (Å²) in [6.07, 6.45) is 2.03. The molecule has 0 bridgehead atoms. The Balaban J connectivity index is 2.31. The fraction of sp³-hybridized carbons (Fsp3) is 0.0909. The molecule has 0 aliphatic carbocycles. The average Bonchev–Trinajstić information content (AvgIpc) is 2.78. The maximum absolute atomic E-state index is 10.9. The summed E-state index contributed by atoms with van der Waals surface area (Å²) in [5.74, 6) is -0.483. The molecular weight excluding hydrogens is 240 g/mol. The number of carbonyl (C=O) groups excluding carboxylic acids is 1. The summed E-state index contributed by atoms with van der Waals surface area (Å²) in [5.41, 5.74) is 6.49. The van der Waals surface area contributed by atoms with Crippen LogP contribution in [0.3, 0.4) is 0 Å². The van der Waals surface area contributed by atoms with E-state index >= 15 is 0 Å². The highest BCUT2D eigenvalue weighted by atomic mass is 32.2. The topological polar surface area (TPSA) is 56.0 Å². The highest BCUT2D eigenvalue weighted by Gasteiger charge is 2.08. The van der Waals surface area contributed by atoms with E-state index in [0.717, 1.165) is 10.6 Å². The molecule has 1 heterocycles. The number of carbonyl (C=O) groups is 1. The van der Waals surface area contributed by atoms with Gasteiger partial charge in [-0.05, 0) is 18.4 Å². The monoisotopic (exact) mass is 250 g/mol. The Bertz CT molecular complexity index is 505. The van der Waals surface area contributed by atoms with Gasteiger partial charge in [-0.2, -0.15) is 0 Å². The zero-order chi connectivity index (χ0) is 11.5. The summed E-state index contributed by atoms with van der Waals surface area (Å²) in [4.78, 5) is 16.3. The maximum atomic E-state index is 10.9. The fourth-order valence-corrected chi connectivity index (χ4v) is 2.48. The van der Waals surface area contributed by atoms with Crippen molar-refractivity contribution in [2.24, 2.45) is 5.73 Å². The Hall–Kier alpha value is -1.33. The Morgan fingerprint density at radius 3 is 2.56 bits per heavy atom. The van der Waals surface area contributed by atoms with Crippen LogP contribution in [0, 0.1) is 0 Å². The highest BCUT2D eigenvalue weighted by Crippen LogP contribution is 2.25. The van der Waals surface area contributed by atoms with Crippen LogP contribution in [0.15, 0.2) is 34.5 Å². The lowest BCUT2D eigenvalue weighted by Crippen LogP contribution is -2.10. The van der Waals surface area contributed by atoms with Gasteiger partial charge in [0.1, 0.15) is 10.7 Å². The summed E-state index contributed by atoms with van der Waals surface area (Å²) in [5, 5.41) is 2.50. The van der Waals surface area contributed by atoms with Crippen molar-refractivity contribution in [3.8, 4) is 10.6 Å². The zero-order valence-corrected chi connectivity index (χ0v) is 10.3. The molecule has 2 rings (SSSR count). The van der Waals surface area contributed by atoms with Gasteiger partial charge in [0, 0.05) is 15.8 Å². The van der Waals surface area contributed by atoms with Gasteiger partial charge >= 0.3 is 0 Å². The second kappa shape index (κ2) is 4.67. The van der Waals surface area contributed by atoms with Crippen molar-refractivity contribution >= 4 is 29.0 Å². The van der Waals surface area contributed by atoms with Crippen molar-refractivity contribution in [3.63, 3.8) is 0 Å². The van der Waals surface area contributed by atoms with E-state index in [0.29, 0.717) is 5.69 Å². The van der Waals surface area contributed by atoms with Crippen LogP contribution < -0.4 is 5.73 Å². The zero-order valence-electron chi connectivity index (χ0n) is 8.64. The number of amides is 1. The number of primary amides is 1. The SMILES string of the molecule is CSc1ccc(-c2nc(C(N)=O)cs2)cc1. The number of rotatable bonds is 3. The summed E-state index contributed by atoms with van der Waals surface area (Å²) < 4.78 is 0. The van der Waals surface area contributed by atoms with Gasteiger partial charge in [-0.3, -0.25) is 4.79 Å². The molecule has 1 amide bonds. The maximum Gasteiger partial charge on any atom is 0.268 e. The minimum atomic E-state index is -0.483. The summed E-state index contributed by atoms with van der Waals surface area (Å²) >= 11 is 3.12. The second-order valence-electron chi connectivity index (χ2n) is 3.13. The molecule has 0 radical (unpaired) electrons. The van der Waals surface area contributed by atoms with Gasteiger partial charge in [-0.25, -0.2) is 4.98 Å². The van der Waals surface area contributed by atoms with Crippen molar-refractivity contribution in [1.29, 1.82) is 0 Å². The standard InChI is InChI=1S/C11H10N2OS2/c1-15-8-4-2-7(3-5-8)11-13-9(6-16-11)10(12)14/h2-6H,1H3,(H2,12,14). The van der Waals surface area contributed by atoms with E-state index in [2.05, 4.69) is 4.98 Å². The van der Waals surface area contributed by atoms with E-state index in [1.54, 1.807) is 17.1 Å². The lowest BCUT2D eigenvalue weighted by molar-refractivity contribution is 0.0996. The molecule has 0 unspecified atom stereocenters. The Morgan fingerprint density at radius 1 is 1.38 bits per heavy atom. The first-order chi connectivity index (χ1) is 7.70. The van der Waals surface area contributed by atoms with Gasteiger partial charge < -0.3 is 5.73 Å². The van der Waals surface area contributed by atoms with E-state index in [1.165, 1.54) is 16.2 Å². The third-order valence-corrected chi connectivity index (χ3v) is 3.73. The predicted molar refractivity (Wildman–Crippen MR) is 67.8 cm³/mol. The smallest absolute Gasteiger partial charge is 0.268 e. The lowest BCUT2D eigenvalue weighted by atomic mass is 10.2. The molecule has 0 aliphatic heterocycles. The molecule has 0 spiro atoms. The molecule has 1 aromatic carbocycles. The number of hydrogen-bond donors (Lipinski definition) is 1. The van der Waals surface area contributed by atoms with Crippen LogP contribution in [0.4, 0.5) is 0 Å². The molecule has 2 N–H and O–H groups in total. The Morgan fingerprint density at radius 2 is 2.06 bits per heavy atom. The van der Waals surface area contributed by atoms with Crippen molar-refractivity contribution in [2.75, 3.05) is 6.26 Å². The molecule has 0 saturated heterocycles. The van der Waals surface area contributed by atoms with Gasteiger partial charge in [0.15, 0.2) is 0 Å². The average molecular weight is 250 g/mol. The molecule has 0 atom stereocenters. The van der Waals surface area contributed by atoms with Gasteiger partial charge in [-0.15, -0.1) is 23.1 Å². The van der Waals surface area contributed by atoms with Crippen molar-refractivity contribution in [1.82, 2.24) is 4.98 Å². The molecule has 3 nitrogen and oxygen atoms in total. The number of hydrogen-bond acceptors (Lipinski definition) is 4. The van der Waals surface area contributed by atoms with Gasteiger partial charge in [0.05, 0.1) is 0 Å². The predicted octanol–water partition coefficient (Wildman–Crippen LogP) is 2.63. The summed E-state index contributed by atoms with van der Waals surface area (Å²) in [6, 6.07) is 8.06. The van der Waals surface area contributed by atoms with E-state index < -0.39 is 5.91 Å². The largest absolute Gasteiger partial charge is 0.364 e. The Kier molecular flexibility index (Phi) is 3.26. The van der Waals surface area contributed by atoms with Crippen LogP contribution in [0.25, 0.3) is 10.6 Å². The normalized spacial score (nSPS) is 10.3.